The van der Waals surface area contributed by atoms with Crippen LogP contribution in [0.25, 0.3) is 0 Å². The van der Waals surface area contributed by atoms with Crippen molar-refractivity contribution in [3.63, 3.8) is 0 Å². The van der Waals surface area contributed by atoms with Crippen LogP contribution in [0.5, 0.6) is 5.75 Å². The molecule has 1 aromatic rings. The maximum Gasteiger partial charge on any atom is 0.340 e. The lowest BCUT2D eigenvalue weighted by molar-refractivity contribution is 0.0520. The highest BCUT2D eigenvalue weighted by Gasteiger charge is 2.23. The van der Waals surface area contributed by atoms with Crippen LogP contribution in [0.4, 0.5) is 0 Å². The van der Waals surface area contributed by atoms with Gasteiger partial charge in [0, 0.05) is 11.3 Å². The van der Waals surface area contributed by atoms with E-state index >= 15 is 0 Å². The molecule has 0 fully saturated rings. The van der Waals surface area contributed by atoms with E-state index in [1.165, 1.54) is 11.8 Å². The summed E-state index contributed by atoms with van der Waals surface area (Å²) in [5, 5.41) is 19.2. The van der Waals surface area contributed by atoms with E-state index < -0.39 is 12.6 Å². The van der Waals surface area contributed by atoms with Crippen LogP contribution in [-0.2, 0) is 17.1 Å². The molecule has 0 aliphatic heterocycles. The molecule has 1 aromatic heterocycles. The number of nitrogens with zero attached hydrogens (tertiary/aromatic N) is 1. The van der Waals surface area contributed by atoms with Crippen molar-refractivity contribution in [1.82, 2.24) is 4.98 Å². The molecule has 0 unspecified atom stereocenters. The Balaban J connectivity index is 0.00000324. The summed E-state index contributed by atoms with van der Waals surface area (Å²) in [4.78, 5) is 16.1. The molecule has 0 radical (unpaired) electrons. The first-order chi connectivity index (χ1) is 8.56. The Morgan fingerprint density at radius 1 is 1.47 bits per heavy atom. The first-order valence-electron chi connectivity index (χ1n) is 5.55. The highest BCUT2D eigenvalue weighted by molar-refractivity contribution is 7.97. The standard InChI is InChI=1S/C12H17NO4S.ClH/c1-4-17-12(16)10-8(5-14)11(15)7(2)13-9(10)6-18-3;/h14-15H,4-6H2,1-3H3;1H. The highest BCUT2D eigenvalue weighted by atomic mass is 35.5. The number of aromatic nitrogens is 1. The third kappa shape index (κ3) is 3.99. The number of aliphatic hydroxyl groups is 1. The molecule has 0 aliphatic carbocycles. The average molecular weight is 308 g/mol. The molecular weight excluding hydrogens is 290 g/mol. The Bertz CT molecular complexity index is 454. The van der Waals surface area contributed by atoms with Crippen LogP contribution in [0.15, 0.2) is 0 Å². The molecule has 1 rings (SSSR count). The predicted molar refractivity (Wildman–Crippen MR) is 77.0 cm³/mol. The molecule has 0 aromatic carbocycles. The second kappa shape index (κ2) is 8.24. The minimum atomic E-state index is -0.562. The summed E-state index contributed by atoms with van der Waals surface area (Å²) in [6, 6.07) is 0. The van der Waals surface area contributed by atoms with Gasteiger partial charge < -0.3 is 14.9 Å². The van der Waals surface area contributed by atoms with Gasteiger partial charge in [-0.15, -0.1) is 12.4 Å². The van der Waals surface area contributed by atoms with E-state index in [1.807, 2.05) is 6.26 Å². The summed E-state index contributed by atoms with van der Waals surface area (Å²) >= 11 is 1.50. The first-order valence-corrected chi connectivity index (χ1v) is 6.94. The zero-order chi connectivity index (χ0) is 13.7. The van der Waals surface area contributed by atoms with Gasteiger partial charge in [0.25, 0.3) is 0 Å². The number of carbonyl (C=O) groups is 1. The quantitative estimate of drug-likeness (QED) is 0.811. The van der Waals surface area contributed by atoms with E-state index in [0.717, 1.165) is 0 Å². The van der Waals surface area contributed by atoms with Gasteiger partial charge in [0.05, 0.1) is 30.2 Å². The van der Waals surface area contributed by atoms with E-state index in [0.29, 0.717) is 17.1 Å². The number of pyridine rings is 1. The smallest absolute Gasteiger partial charge is 0.340 e. The number of carbonyl (C=O) groups excluding carboxylic acids is 1. The number of hydrogen-bond acceptors (Lipinski definition) is 6. The molecule has 0 atom stereocenters. The van der Waals surface area contributed by atoms with Crippen LogP contribution in [0, 0.1) is 6.92 Å². The Kier molecular flexibility index (Phi) is 7.82. The van der Waals surface area contributed by atoms with E-state index in [-0.39, 0.29) is 35.9 Å². The van der Waals surface area contributed by atoms with E-state index in [2.05, 4.69) is 4.98 Å². The van der Waals surface area contributed by atoms with Crippen molar-refractivity contribution in [3.05, 3.63) is 22.5 Å². The van der Waals surface area contributed by atoms with Crippen LogP contribution in [0.1, 0.15) is 34.2 Å². The molecule has 19 heavy (non-hydrogen) atoms. The Hall–Kier alpha value is -0.980. The second-order valence-corrected chi connectivity index (χ2v) is 4.52. The fraction of sp³-hybridized carbons (Fsp3) is 0.500. The maximum absolute atomic E-state index is 11.9. The maximum atomic E-state index is 11.9. The molecule has 108 valence electrons. The van der Waals surface area contributed by atoms with Crippen molar-refractivity contribution in [2.75, 3.05) is 12.9 Å². The number of rotatable bonds is 5. The topological polar surface area (TPSA) is 79.7 Å². The molecule has 1 heterocycles. The van der Waals surface area contributed by atoms with Gasteiger partial charge in [-0.3, -0.25) is 4.98 Å². The van der Waals surface area contributed by atoms with Crippen LogP contribution in [-0.4, -0.2) is 34.0 Å². The lowest BCUT2D eigenvalue weighted by atomic mass is 10.0. The summed E-state index contributed by atoms with van der Waals surface area (Å²) in [6.45, 7) is 3.14. The molecular formula is C12H18ClNO4S. The minimum absolute atomic E-state index is 0. The molecule has 0 amide bonds. The summed E-state index contributed by atoms with van der Waals surface area (Å²) in [5.74, 6) is -0.193. The van der Waals surface area contributed by atoms with Gasteiger partial charge in [0.15, 0.2) is 0 Å². The van der Waals surface area contributed by atoms with Crippen LogP contribution in [0.3, 0.4) is 0 Å². The molecule has 0 aliphatic rings. The SMILES string of the molecule is CCOC(=O)c1c(CSC)nc(C)c(O)c1CO.Cl. The average Bonchev–Trinajstić information content (AvgIpc) is 2.33. The van der Waals surface area contributed by atoms with Gasteiger partial charge in [-0.1, -0.05) is 0 Å². The Morgan fingerprint density at radius 3 is 2.58 bits per heavy atom. The predicted octanol–water partition coefficient (Wildman–Crippen LogP) is 2.05. The first kappa shape index (κ1) is 18.0. The monoisotopic (exact) mass is 307 g/mol. The lowest BCUT2D eigenvalue weighted by Crippen LogP contribution is -2.14. The van der Waals surface area contributed by atoms with Gasteiger partial charge in [0.2, 0.25) is 0 Å². The van der Waals surface area contributed by atoms with E-state index in [9.17, 15) is 15.0 Å². The van der Waals surface area contributed by atoms with Crippen LogP contribution in [0.2, 0.25) is 0 Å². The second-order valence-electron chi connectivity index (χ2n) is 3.66. The van der Waals surface area contributed by atoms with Crippen LogP contribution >= 0.6 is 24.2 Å². The fourth-order valence-electron chi connectivity index (χ4n) is 1.66. The summed E-state index contributed by atoms with van der Waals surface area (Å²) in [7, 11) is 0. The number of thioether (sulfide) groups is 1. The van der Waals surface area contributed by atoms with Crippen molar-refractivity contribution in [3.8, 4) is 5.75 Å². The minimum Gasteiger partial charge on any atom is -0.506 e. The zero-order valence-electron chi connectivity index (χ0n) is 11.1. The number of aromatic hydroxyl groups is 1. The number of hydrogen-bond donors (Lipinski definition) is 2. The number of ether oxygens (including phenoxy) is 1. The molecule has 0 saturated heterocycles. The highest BCUT2D eigenvalue weighted by Crippen LogP contribution is 2.28. The number of esters is 1. The van der Waals surface area contributed by atoms with Crippen molar-refractivity contribution in [2.24, 2.45) is 0 Å². The van der Waals surface area contributed by atoms with E-state index in [1.54, 1.807) is 13.8 Å². The molecule has 2 N–H and O–H groups in total. The number of aryl methyl sites for hydroxylation is 1. The largest absolute Gasteiger partial charge is 0.506 e. The fourth-order valence-corrected chi connectivity index (χ4v) is 2.14. The van der Waals surface area contributed by atoms with Gasteiger partial charge in [0.1, 0.15) is 5.75 Å². The van der Waals surface area contributed by atoms with Crippen molar-refractivity contribution in [1.29, 1.82) is 0 Å². The Morgan fingerprint density at radius 2 is 2.11 bits per heavy atom. The summed E-state index contributed by atoms with van der Waals surface area (Å²) in [6.07, 6.45) is 1.89. The van der Waals surface area contributed by atoms with Crippen molar-refractivity contribution >= 4 is 30.1 Å². The molecule has 0 bridgehead atoms. The third-order valence-corrected chi connectivity index (χ3v) is 3.00. The number of halogens is 1. The van der Waals surface area contributed by atoms with E-state index in [4.69, 9.17) is 4.74 Å². The Labute approximate surface area is 122 Å². The molecule has 0 saturated carbocycles. The number of aliphatic hydroxyl groups excluding tert-OH is 1. The van der Waals surface area contributed by atoms with Gasteiger partial charge >= 0.3 is 5.97 Å². The van der Waals surface area contributed by atoms with Crippen molar-refractivity contribution < 1.29 is 19.7 Å². The normalized spacial score (nSPS) is 9.89. The van der Waals surface area contributed by atoms with Gasteiger partial charge in [-0.05, 0) is 20.1 Å². The van der Waals surface area contributed by atoms with Gasteiger partial charge in [-0.2, -0.15) is 11.8 Å². The summed E-state index contributed by atoms with van der Waals surface area (Å²) < 4.78 is 4.94. The summed E-state index contributed by atoms with van der Waals surface area (Å²) in [5.41, 5.74) is 1.29. The van der Waals surface area contributed by atoms with Crippen LogP contribution < -0.4 is 0 Å². The molecule has 5 nitrogen and oxygen atoms in total. The van der Waals surface area contributed by atoms with Crippen molar-refractivity contribution in [2.45, 2.75) is 26.2 Å². The zero-order valence-corrected chi connectivity index (χ0v) is 12.7. The lowest BCUT2D eigenvalue weighted by Gasteiger charge is -2.14. The molecule has 0 spiro atoms. The molecule has 7 heteroatoms. The third-order valence-electron chi connectivity index (χ3n) is 2.44. The van der Waals surface area contributed by atoms with Gasteiger partial charge in [-0.25, -0.2) is 4.79 Å².